The van der Waals surface area contributed by atoms with Crippen LogP contribution >= 0.6 is 0 Å². The highest BCUT2D eigenvalue weighted by molar-refractivity contribution is 5.94. The normalized spacial score (nSPS) is 12.9. The molecule has 8 aromatic rings. The van der Waals surface area contributed by atoms with Gasteiger partial charge in [-0.2, -0.15) is 0 Å². The molecule has 2 aromatic heterocycles. The van der Waals surface area contributed by atoms with Gasteiger partial charge in [0.2, 0.25) is 0 Å². The number of rotatable bonds is 11. The summed E-state index contributed by atoms with van der Waals surface area (Å²) in [4.78, 5) is 39.3. The van der Waals surface area contributed by atoms with E-state index in [9.17, 15) is 4.79 Å². The maximum absolute atomic E-state index is 12.7. The molecular weight excluding hydrogens is 921 g/mol. The van der Waals surface area contributed by atoms with E-state index in [4.69, 9.17) is 9.97 Å². The summed E-state index contributed by atoms with van der Waals surface area (Å²) < 4.78 is 0. The van der Waals surface area contributed by atoms with Gasteiger partial charge in [-0.3, -0.25) is 19.5 Å². The van der Waals surface area contributed by atoms with Crippen LogP contribution in [0.15, 0.2) is 182 Å². The van der Waals surface area contributed by atoms with Crippen molar-refractivity contribution in [3.8, 4) is 45.0 Å². The van der Waals surface area contributed by atoms with Crippen LogP contribution in [0.4, 0.5) is 0 Å². The highest BCUT2D eigenvalue weighted by Gasteiger charge is 2.24. The lowest BCUT2D eigenvalue weighted by Gasteiger charge is -2.34. The lowest BCUT2D eigenvalue weighted by molar-refractivity contribution is 0.0625. The minimum atomic E-state index is 0.112. The molecule has 2 aliphatic rings. The molecule has 400 valence electrons. The van der Waals surface area contributed by atoms with Crippen molar-refractivity contribution in [1.29, 1.82) is 0 Å². The minimum absolute atomic E-state index is 0.112. The van der Waals surface area contributed by atoms with Gasteiger partial charge in [0.15, 0.2) is 0 Å². The number of hydrogen-bond acceptors (Lipinski definition) is 6. The first-order valence-electron chi connectivity index (χ1n) is 28.1. The summed E-state index contributed by atoms with van der Waals surface area (Å²) in [6.45, 7) is 34.1. The number of hydrogen-bond donors (Lipinski definition) is 2. The average molecular weight is 1010 g/mol. The molecule has 6 aromatic carbocycles. The van der Waals surface area contributed by atoms with Crippen LogP contribution < -0.4 is 0 Å². The number of benzene rings is 6. The Labute approximate surface area is 453 Å². The molecule has 0 saturated carbocycles. The number of H-pyrrole nitrogens is 2. The van der Waals surface area contributed by atoms with E-state index >= 15 is 0 Å². The van der Waals surface area contributed by atoms with Crippen LogP contribution in [0.3, 0.4) is 0 Å². The van der Waals surface area contributed by atoms with Crippen LogP contribution in [-0.2, 0) is 19.6 Å². The molecule has 1 amide bonds. The Morgan fingerprint density at radius 3 is 0.987 bits per heavy atom. The number of aromatic amines is 2. The van der Waals surface area contributed by atoms with Crippen molar-refractivity contribution in [2.45, 2.75) is 103 Å². The zero-order chi connectivity index (χ0) is 54.6. The van der Waals surface area contributed by atoms with E-state index in [2.05, 4.69) is 134 Å². The standard InChI is InChI=1S/C27H26N4O.C27H28N4.6C2H6/c32-27(23-14-8-3-9-15-23)31-18-16-30(17-19-31)20-24-28-25(21-10-4-1-5-11-21)26(29-24)22-12-6-2-7-13-22;1-4-10-22(11-5-1)20-30-16-18-31(19-17-30)21-25-28-26(23-12-6-2-7-13-23)27(29-25)24-14-8-3-9-15-24;6*1-2/h1-15H,16-20H2,(H,28,29);1-15H,16-21H2,(H,28,29);6*1-2H3. The predicted octanol–water partition coefficient (Wildman–Crippen LogP) is 15.9. The minimum Gasteiger partial charge on any atom is -0.340 e. The van der Waals surface area contributed by atoms with Crippen molar-refractivity contribution in [1.82, 2.24) is 39.5 Å². The largest absolute Gasteiger partial charge is 0.340 e. The van der Waals surface area contributed by atoms with E-state index in [0.29, 0.717) is 0 Å². The second-order valence-electron chi connectivity index (χ2n) is 16.3. The Morgan fingerprint density at radius 2 is 0.640 bits per heavy atom. The molecule has 0 spiro atoms. The van der Waals surface area contributed by atoms with Crippen molar-refractivity contribution in [2.75, 3.05) is 52.4 Å². The molecule has 9 nitrogen and oxygen atoms in total. The van der Waals surface area contributed by atoms with Gasteiger partial charge in [-0.05, 0) is 17.7 Å². The second kappa shape index (κ2) is 36.9. The number of nitrogens with zero attached hydrogens (tertiary/aromatic N) is 6. The number of aromatic nitrogens is 4. The van der Waals surface area contributed by atoms with E-state index in [-0.39, 0.29) is 5.91 Å². The van der Waals surface area contributed by atoms with Crippen molar-refractivity contribution in [3.05, 3.63) is 205 Å². The Hall–Kier alpha value is -6.91. The number of carbonyl (C=O) groups is 1. The monoisotopic (exact) mass is 1010 g/mol. The average Bonchev–Trinajstić information content (AvgIpc) is 4.15. The van der Waals surface area contributed by atoms with Crippen molar-refractivity contribution < 1.29 is 4.79 Å². The van der Waals surface area contributed by atoms with Crippen molar-refractivity contribution >= 4 is 5.91 Å². The zero-order valence-corrected chi connectivity index (χ0v) is 47.7. The fourth-order valence-corrected chi connectivity index (χ4v) is 8.47. The van der Waals surface area contributed by atoms with Crippen LogP contribution in [0.1, 0.15) is 111 Å². The first-order chi connectivity index (χ1) is 37.1. The number of imidazole rings is 2. The summed E-state index contributed by atoms with van der Waals surface area (Å²) in [5.74, 6) is 2.10. The molecule has 4 heterocycles. The third-order valence-electron chi connectivity index (χ3n) is 11.9. The maximum atomic E-state index is 12.7. The molecule has 75 heavy (non-hydrogen) atoms. The van der Waals surface area contributed by atoms with E-state index in [1.54, 1.807) is 0 Å². The van der Waals surface area contributed by atoms with Gasteiger partial charge in [-0.15, -0.1) is 0 Å². The Bertz CT molecular complexity index is 2510. The molecule has 0 radical (unpaired) electrons. The van der Waals surface area contributed by atoms with Gasteiger partial charge in [-0.25, -0.2) is 9.97 Å². The van der Waals surface area contributed by atoms with E-state index in [1.807, 2.05) is 161 Å². The lowest BCUT2D eigenvalue weighted by Crippen LogP contribution is -2.48. The molecule has 2 saturated heterocycles. The van der Waals surface area contributed by atoms with Gasteiger partial charge < -0.3 is 14.9 Å². The van der Waals surface area contributed by atoms with Crippen LogP contribution in [0, 0.1) is 0 Å². The SMILES string of the molecule is CC.CC.CC.CC.CC.CC.O=C(c1ccccc1)N1CCN(Cc2nc(-c3ccccc3)c(-c3ccccc3)[nH]2)CC1.c1ccc(CN2CCN(Cc3nc(-c4ccccc4)c(-c4ccccc4)[nH]3)CC2)cc1. The number of nitrogens with one attached hydrogen (secondary N) is 2. The van der Waals surface area contributed by atoms with Gasteiger partial charge in [-0.1, -0.05) is 253 Å². The van der Waals surface area contributed by atoms with Crippen LogP contribution in [0.25, 0.3) is 45.0 Å². The van der Waals surface area contributed by atoms with E-state index < -0.39 is 0 Å². The van der Waals surface area contributed by atoms with Crippen LogP contribution in [0.5, 0.6) is 0 Å². The molecular formula is C66H90N8O. The first kappa shape index (κ1) is 62.4. The van der Waals surface area contributed by atoms with Crippen molar-refractivity contribution in [2.24, 2.45) is 0 Å². The summed E-state index contributed by atoms with van der Waals surface area (Å²) in [5.41, 5.74) is 10.9. The molecule has 2 aliphatic heterocycles. The fourth-order valence-electron chi connectivity index (χ4n) is 8.47. The van der Waals surface area contributed by atoms with Gasteiger partial charge in [0, 0.05) is 86.7 Å². The van der Waals surface area contributed by atoms with E-state index in [1.165, 1.54) is 11.1 Å². The van der Waals surface area contributed by atoms with Gasteiger partial charge in [0.05, 0.1) is 35.9 Å². The first-order valence-corrected chi connectivity index (χ1v) is 28.1. The Morgan fingerprint density at radius 1 is 0.360 bits per heavy atom. The number of piperazine rings is 2. The topological polar surface area (TPSA) is 87.4 Å². The molecule has 0 aliphatic carbocycles. The lowest BCUT2D eigenvalue weighted by atomic mass is 10.1. The third-order valence-corrected chi connectivity index (χ3v) is 11.9. The van der Waals surface area contributed by atoms with Gasteiger partial charge in [0.1, 0.15) is 11.6 Å². The smallest absolute Gasteiger partial charge is 0.253 e. The molecule has 0 bridgehead atoms. The predicted molar refractivity (Wildman–Crippen MR) is 322 cm³/mol. The fraction of sp³-hybridized carbons (Fsp3) is 0.348. The molecule has 2 N–H and O–H groups in total. The maximum Gasteiger partial charge on any atom is 0.253 e. The molecule has 0 unspecified atom stereocenters. The van der Waals surface area contributed by atoms with Crippen LogP contribution in [0.2, 0.25) is 0 Å². The van der Waals surface area contributed by atoms with E-state index in [0.717, 1.165) is 129 Å². The second-order valence-corrected chi connectivity index (χ2v) is 16.3. The highest BCUT2D eigenvalue weighted by atomic mass is 16.2. The Balaban J connectivity index is 0.000000330. The number of amides is 1. The molecule has 10 rings (SSSR count). The molecule has 0 atom stereocenters. The molecule has 9 heteroatoms. The zero-order valence-electron chi connectivity index (χ0n) is 47.7. The summed E-state index contributed by atoms with van der Waals surface area (Å²) in [6, 6.07) is 61.9. The third kappa shape index (κ3) is 19.4. The summed E-state index contributed by atoms with van der Waals surface area (Å²) in [7, 11) is 0. The summed E-state index contributed by atoms with van der Waals surface area (Å²) in [6.07, 6.45) is 0. The summed E-state index contributed by atoms with van der Waals surface area (Å²) >= 11 is 0. The quantitative estimate of drug-likeness (QED) is 0.134. The number of carbonyl (C=O) groups excluding carboxylic acids is 1. The van der Waals surface area contributed by atoms with Gasteiger partial charge in [0.25, 0.3) is 5.91 Å². The van der Waals surface area contributed by atoms with Gasteiger partial charge >= 0.3 is 0 Å². The van der Waals surface area contributed by atoms with Crippen LogP contribution in [-0.4, -0.2) is 97.8 Å². The highest BCUT2D eigenvalue weighted by Crippen LogP contribution is 2.32. The Kier molecular flexibility index (Phi) is 30.7. The molecule has 2 fully saturated rings. The summed E-state index contributed by atoms with van der Waals surface area (Å²) in [5, 5.41) is 0. The van der Waals surface area contributed by atoms with Crippen molar-refractivity contribution in [3.63, 3.8) is 0 Å².